The second kappa shape index (κ2) is 6.91. The van der Waals surface area contributed by atoms with Gasteiger partial charge in [-0.05, 0) is 56.9 Å². The lowest BCUT2D eigenvalue weighted by atomic mass is 10.0. The Bertz CT molecular complexity index is 906. The van der Waals surface area contributed by atoms with E-state index in [1.165, 1.54) is 0 Å². The monoisotopic (exact) mass is 386 g/mol. The summed E-state index contributed by atoms with van der Waals surface area (Å²) < 4.78 is 35.0. The molecule has 144 valence electrons. The van der Waals surface area contributed by atoms with Crippen molar-refractivity contribution in [2.45, 2.75) is 69.5 Å². The van der Waals surface area contributed by atoms with Gasteiger partial charge in [-0.1, -0.05) is 17.7 Å². The summed E-state index contributed by atoms with van der Waals surface area (Å²) >= 11 is 0. The molecule has 0 saturated carbocycles. The lowest BCUT2D eigenvalue weighted by Crippen LogP contribution is -2.49. The van der Waals surface area contributed by atoms with Crippen molar-refractivity contribution < 1.29 is 13.2 Å². The number of piperidine rings is 1. The van der Waals surface area contributed by atoms with Gasteiger partial charge in [0.1, 0.15) is 11.9 Å². The Hall–Kier alpha value is -1.92. The number of hydrogen-bond acceptors (Lipinski definition) is 4. The number of pyridine rings is 1. The molecule has 0 radical (unpaired) electrons. The Morgan fingerprint density at radius 3 is 2.11 bits per heavy atom. The Morgan fingerprint density at radius 2 is 1.56 bits per heavy atom. The molecule has 1 aromatic heterocycles. The first-order valence-corrected chi connectivity index (χ1v) is 11.0. The molecule has 2 unspecified atom stereocenters. The average molecular weight is 387 g/mol. The zero-order chi connectivity index (χ0) is 19.2. The SMILES string of the molecule is Cc1cc(C)c(S(=O)(=O)N2C3CCC2CC(Oc2ccncc2)C3)c(C)c1. The molecule has 1 aromatic carbocycles. The molecule has 2 saturated heterocycles. The highest BCUT2D eigenvalue weighted by Gasteiger charge is 2.48. The van der Waals surface area contributed by atoms with Gasteiger partial charge in [-0.3, -0.25) is 4.98 Å². The molecule has 2 atom stereocenters. The van der Waals surface area contributed by atoms with Crippen molar-refractivity contribution in [3.8, 4) is 5.75 Å². The van der Waals surface area contributed by atoms with Crippen molar-refractivity contribution in [2.24, 2.45) is 0 Å². The van der Waals surface area contributed by atoms with Gasteiger partial charge in [-0.15, -0.1) is 0 Å². The molecular formula is C21H26N2O3S. The number of ether oxygens (including phenoxy) is 1. The van der Waals surface area contributed by atoms with Gasteiger partial charge >= 0.3 is 0 Å². The van der Waals surface area contributed by atoms with Crippen LogP contribution in [0.4, 0.5) is 0 Å². The summed E-state index contributed by atoms with van der Waals surface area (Å²) in [5, 5.41) is 0. The summed E-state index contributed by atoms with van der Waals surface area (Å²) in [6, 6.07) is 7.65. The number of rotatable bonds is 4. The van der Waals surface area contributed by atoms with Crippen LogP contribution in [0.2, 0.25) is 0 Å². The van der Waals surface area contributed by atoms with Gasteiger partial charge in [-0.2, -0.15) is 4.31 Å². The van der Waals surface area contributed by atoms with Crippen molar-refractivity contribution in [2.75, 3.05) is 0 Å². The fraction of sp³-hybridized carbons (Fsp3) is 0.476. The van der Waals surface area contributed by atoms with Gasteiger partial charge in [0.15, 0.2) is 0 Å². The number of benzene rings is 1. The highest BCUT2D eigenvalue weighted by Crippen LogP contribution is 2.42. The van der Waals surface area contributed by atoms with Crippen LogP contribution >= 0.6 is 0 Å². The smallest absolute Gasteiger partial charge is 0.244 e. The largest absolute Gasteiger partial charge is 0.490 e. The highest BCUT2D eigenvalue weighted by atomic mass is 32.2. The van der Waals surface area contributed by atoms with E-state index in [2.05, 4.69) is 4.98 Å². The molecule has 2 aliphatic rings. The number of aromatic nitrogens is 1. The van der Waals surface area contributed by atoms with Crippen molar-refractivity contribution in [3.05, 3.63) is 53.3 Å². The van der Waals surface area contributed by atoms with E-state index in [1.54, 1.807) is 16.7 Å². The van der Waals surface area contributed by atoms with E-state index < -0.39 is 10.0 Å². The maximum absolute atomic E-state index is 13.5. The summed E-state index contributed by atoms with van der Waals surface area (Å²) in [4.78, 5) is 4.50. The van der Waals surface area contributed by atoms with E-state index in [4.69, 9.17) is 4.74 Å². The van der Waals surface area contributed by atoms with Crippen molar-refractivity contribution >= 4 is 10.0 Å². The van der Waals surface area contributed by atoms with Crippen LogP contribution in [0.1, 0.15) is 42.4 Å². The third-order valence-electron chi connectivity index (χ3n) is 5.72. The standard InChI is InChI=1S/C21H26N2O3S/c1-14-10-15(2)21(16(3)11-14)27(24,25)23-17-4-5-18(23)13-20(12-17)26-19-6-8-22-9-7-19/h6-11,17-18,20H,4-5,12-13H2,1-3H3. The number of sulfonamides is 1. The fourth-order valence-corrected chi connectivity index (χ4v) is 7.17. The van der Waals surface area contributed by atoms with Crippen LogP contribution in [-0.4, -0.2) is 35.9 Å². The van der Waals surface area contributed by atoms with Crippen LogP contribution in [0.5, 0.6) is 5.75 Å². The molecule has 0 amide bonds. The molecule has 4 rings (SSSR count). The molecule has 5 nitrogen and oxygen atoms in total. The van der Waals surface area contributed by atoms with Crippen LogP contribution in [0, 0.1) is 20.8 Å². The first-order valence-electron chi connectivity index (χ1n) is 9.54. The molecular weight excluding hydrogens is 360 g/mol. The molecule has 3 heterocycles. The van der Waals surface area contributed by atoms with Gasteiger partial charge in [0, 0.05) is 37.3 Å². The molecule has 2 fully saturated rings. The normalized spacial score (nSPS) is 25.5. The van der Waals surface area contributed by atoms with E-state index in [-0.39, 0.29) is 18.2 Å². The van der Waals surface area contributed by atoms with Crippen LogP contribution in [0.15, 0.2) is 41.6 Å². The quantitative estimate of drug-likeness (QED) is 0.803. The van der Waals surface area contributed by atoms with Crippen molar-refractivity contribution in [1.29, 1.82) is 0 Å². The topological polar surface area (TPSA) is 59.5 Å². The zero-order valence-electron chi connectivity index (χ0n) is 16.1. The average Bonchev–Trinajstić information content (AvgIpc) is 2.87. The minimum atomic E-state index is -3.50. The Labute approximate surface area is 161 Å². The van der Waals surface area contributed by atoms with Gasteiger partial charge in [0.2, 0.25) is 10.0 Å². The molecule has 27 heavy (non-hydrogen) atoms. The minimum absolute atomic E-state index is 0.0145. The van der Waals surface area contributed by atoms with Crippen LogP contribution < -0.4 is 4.74 Å². The van der Waals surface area contributed by atoms with E-state index in [0.29, 0.717) is 4.90 Å². The van der Waals surface area contributed by atoms with Gasteiger partial charge in [0.05, 0.1) is 4.90 Å². The van der Waals surface area contributed by atoms with Gasteiger partial charge in [0.25, 0.3) is 0 Å². The molecule has 0 aliphatic carbocycles. The van der Waals surface area contributed by atoms with Gasteiger partial charge in [-0.25, -0.2) is 8.42 Å². The van der Waals surface area contributed by atoms with E-state index >= 15 is 0 Å². The summed E-state index contributed by atoms with van der Waals surface area (Å²) in [5.41, 5.74) is 2.76. The number of nitrogens with zero attached hydrogens (tertiary/aromatic N) is 2. The molecule has 2 bridgehead atoms. The number of fused-ring (bicyclic) bond motifs is 2. The zero-order valence-corrected chi connectivity index (χ0v) is 16.9. The summed E-state index contributed by atoms with van der Waals surface area (Å²) in [5.74, 6) is 0.802. The van der Waals surface area contributed by atoms with Gasteiger partial charge < -0.3 is 4.74 Å². The number of hydrogen-bond donors (Lipinski definition) is 0. The Kier molecular flexibility index (Phi) is 4.72. The minimum Gasteiger partial charge on any atom is -0.490 e. The Morgan fingerprint density at radius 1 is 1.00 bits per heavy atom. The first kappa shape index (κ1) is 18.4. The predicted octanol–water partition coefficient (Wildman–Crippen LogP) is 3.77. The third-order valence-corrected chi connectivity index (χ3v) is 8.03. The second-order valence-corrected chi connectivity index (χ2v) is 9.62. The Balaban J connectivity index is 1.59. The summed E-state index contributed by atoms with van der Waals surface area (Å²) in [6.45, 7) is 5.80. The molecule has 2 aromatic rings. The molecule has 2 aliphatic heterocycles. The lowest BCUT2D eigenvalue weighted by molar-refractivity contribution is 0.0955. The van der Waals surface area contributed by atoms with E-state index in [0.717, 1.165) is 48.1 Å². The summed E-state index contributed by atoms with van der Waals surface area (Å²) in [7, 11) is -3.50. The lowest BCUT2D eigenvalue weighted by Gasteiger charge is -2.38. The molecule has 6 heteroatoms. The molecule has 0 N–H and O–H groups in total. The van der Waals surface area contributed by atoms with Crippen LogP contribution in [0.25, 0.3) is 0 Å². The maximum atomic E-state index is 13.5. The second-order valence-electron chi connectivity index (χ2n) is 7.84. The van der Waals surface area contributed by atoms with E-state index in [9.17, 15) is 8.42 Å². The van der Waals surface area contributed by atoms with Crippen LogP contribution in [0.3, 0.4) is 0 Å². The highest BCUT2D eigenvalue weighted by molar-refractivity contribution is 7.89. The van der Waals surface area contributed by atoms with Crippen LogP contribution in [-0.2, 0) is 10.0 Å². The number of aryl methyl sites for hydroxylation is 3. The van der Waals surface area contributed by atoms with Crippen molar-refractivity contribution in [3.63, 3.8) is 0 Å². The van der Waals surface area contributed by atoms with Crippen molar-refractivity contribution in [1.82, 2.24) is 9.29 Å². The third kappa shape index (κ3) is 3.36. The predicted molar refractivity (Wildman–Crippen MR) is 104 cm³/mol. The summed E-state index contributed by atoms with van der Waals surface area (Å²) in [6.07, 6.45) is 6.77. The molecule has 0 spiro atoms. The van der Waals surface area contributed by atoms with E-state index in [1.807, 2.05) is 45.0 Å². The maximum Gasteiger partial charge on any atom is 0.244 e. The first-order chi connectivity index (χ1) is 12.9. The fourth-order valence-electron chi connectivity index (χ4n) is 4.86.